The highest BCUT2D eigenvalue weighted by Crippen LogP contribution is 2.19. The van der Waals surface area contributed by atoms with Crippen LogP contribution in [0.5, 0.6) is 0 Å². The second kappa shape index (κ2) is 40.5. The third-order valence-corrected chi connectivity index (χ3v) is 11.9. The van der Waals surface area contributed by atoms with Crippen molar-refractivity contribution in [3.8, 4) is 0 Å². The van der Waals surface area contributed by atoms with Crippen molar-refractivity contribution in [3.05, 3.63) is 18.7 Å². The van der Waals surface area contributed by atoms with E-state index < -0.39 is 0 Å². The number of imidazole rings is 1. The Morgan fingerprint density at radius 3 is 1.50 bits per heavy atom. The Labute approximate surface area is 358 Å². The Bertz CT molecular complexity index is 1000. The molecule has 1 aromatic heterocycles. The van der Waals surface area contributed by atoms with E-state index in [1.807, 2.05) is 18.7 Å². The number of hydrogen-bond donors (Lipinski definition) is 1. The molecule has 0 saturated heterocycles. The molecule has 0 aliphatic carbocycles. The van der Waals surface area contributed by atoms with Gasteiger partial charge in [-0.25, -0.2) is 4.98 Å². The molecule has 1 heterocycles. The van der Waals surface area contributed by atoms with Gasteiger partial charge < -0.3 is 24.0 Å². The summed E-state index contributed by atoms with van der Waals surface area (Å²) in [6.07, 6.45) is 43.1. The fourth-order valence-corrected chi connectivity index (χ4v) is 8.10. The van der Waals surface area contributed by atoms with E-state index in [0.717, 1.165) is 116 Å². The van der Waals surface area contributed by atoms with Gasteiger partial charge in [0.05, 0.1) is 12.4 Å². The van der Waals surface area contributed by atoms with Crippen LogP contribution in [-0.4, -0.2) is 69.4 Å². The summed E-state index contributed by atoms with van der Waals surface area (Å²) in [5.74, 6) is -0.0579. The molecule has 1 rings (SSSR count). The van der Waals surface area contributed by atoms with Gasteiger partial charge in [-0.15, -0.1) is 0 Å². The van der Waals surface area contributed by atoms with Gasteiger partial charge in [-0.1, -0.05) is 156 Å². The average Bonchev–Trinajstić information content (AvgIpc) is 3.74. The highest BCUT2D eigenvalue weighted by molar-refractivity contribution is 5.69. The minimum Gasteiger partial charge on any atom is -0.462 e. The van der Waals surface area contributed by atoms with Crippen LogP contribution in [0.15, 0.2) is 18.7 Å². The van der Waals surface area contributed by atoms with E-state index in [4.69, 9.17) is 9.47 Å². The van der Waals surface area contributed by atoms with Crippen LogP contribution < -0.4 is 0 Å². The maximum absolute atomic E-state index is 12.8. The molecule has 0 aliphatic heterocycles. The zero-order valence-electron chi connectivity index (χ0n) is 38.8. The predicted octanol–water partition coefficient (Wildman–Crippen LogP) is 13.7. The molecule has 1 aromatic rings. The number of unbranched alkanes of at least 4 members (excludes halogenated alkanes) is 21. The van der Waals surface area contributed by atoms with Crippen molar-refractivity contribution in [1.82, 2.24) is 14.5 Å². The second-order valence-electron chi connectivity index (χ2n) is 17.5. The van der Waals surface area contributed by atoms with E-state index in [9.17, 15) is 14.7 Å². The number of esters is 2. The van der Waals surface area contributed by atoms with Crippen molar-refractivity contribution in [3.63, 3.8) is 0 Å². The molecule has 2 unspecified atom stereocenters. The lowest BCUT2D eigenvalue weighted by Gasteiger charge is -2.25. The molecule has 8 nitrogen and oxygen atoms in total. The normalized spacial score (nSPS) is 12.7. The number of aromatic nitrogens is 2. The minimum atomic E-state index is -0.362. The maximum atomic E-state index is 12.8. The minimum absolute atomic E-state index is 0.00360. The molecular formula is C50H95N3O5. The van der Waals surface area contributed by atoms with Crippen LogP contribution in [0.3, 0.4) is 0 Å². The molecule has 0 aromatic carbocycles. The Balaban J connectivity index is 2.35. The molecule has 0 spiro atoms. The summed E-state index contributed by atoms with van der Waals surface area (Å²) in [6.45, 7) is 12.4. The molecule has 58 heavy (non-hydrogen) atoms. The van der Waals surface area contributed by atoms with E-state index in [1.54, 1.807) is 0 Å². The average molecular weight is 818 g/mol. The third-order valence-electron chi connectivity index (χ3n) is 11.9. The van der Waals surface area contributed by atoms with Gasteiger partial charge in [0.25, 0.3) is 0 Å². The predicted molar refractivity (Wildman–Crippen MR) is 244 cm³/mol. The Kier molecular flexibility index (Phi) is 37.7. The van der Waals surface area contributed by atoms with Crippen LogP contribution in [-0.2, 0) is 25.6 Å². The van der Waals surface area contributed by atoms with Gasteiger partial charge in [0.15, 0.2) is 0 Å². The molecule has 340 valence electrons. The van der Waals surface area contributed by atoms with E-state index >= 15 is 0 Å². The van der Waals surface area contributed by atoms with Gasteiger partial charge in [0, 0.05) is 38.3 Å². The SMILES string of the molecule is CCCCCCCCC(CC)OC(=O)CCCCCC(O)CN(CCCCCCCC(=O)OC(CCCCCCCC)CCCCCCCC)CCCn1ccnc1. The van der Waals surface area contributed by atoms with Crippen LogP contribution in [0.1, 0.15) is 246 Å². The van der Waals surface area contributed by atoms with Crippen molar-refractivity contribution in [2.45, 2.75) is 271 Å². The van der Waals surface area contributed by atoms with Crippen molar-refractivity contribution >= 4 is 11.9 Å². The van der Waals surface area contributed by atoms with Crippen LogP contribution in [0, 0.1) is 0 Å². The fourth-order valence-electron chi connectivity index (χ4n) is 8.10. The van der Waals surface area contributed by atoms with E-state index in [2.05, 4.69) is 42.1 Å². The molecule has 0 bridgehead atoms. The first-order chi connectivity index (χ1) is 28.4. The standard InChI is InChI=1S/C50H95N3O5/c1-5-9-12-15-19-26-34-47(8-4)57-49(55)38-30-24-25-33-46(54)44-52(41-32-42-53-43-39-51-45-53)40-31-23-18-22-29-37-50(56)58-48(35-27-20-16-13-10-6-2)36-28-21-17-14-11-7-3/h39,43,45-48,54H,5-38,40-42,44H2,1-4H3. The highest BCUT2D eigenvalue weighted by atomic mass is 16.5. The summed E-state index contributed by atoms with van der Waals surface area (Å²) in [5, 5.41) is 11.0. The summed E-state index contributed by atoms with van der Waals surface area (Å²) >= 11 is 0. The number of aliphatic hydroxyl groups is 1. The summed E-state index contributed by atoms with van der Waals surface area (Å²) < 4.78 is 14.0. The zero-order valence-corrected chi connectivity index (χ0v) is 38.8. The number of aliphatic hydroxyl groups excluding tert-OH is 1. The molecule has 0 fully saturated rings. The maximum Gasteiger partial charge on any atom is 0.306 e. The summed E-state index contributed by atoms with van der Waals surface area (Å²) in [5.41, 5.74) is 0. The van der Waals surface area contributed by atoms with Gasteiger partial charge in [-0.3, -0.25) is 9.59 Å². The topological polar surface area (TPSA) is 93.9 Å². The molecular weight excluding hydrogens is 723 g/mol. The zero-order chi connectivity index (χ0) is 42.2. The molecule has 0 radical (unpaired) electrons. The van der Waals surface area contributed by atoms with Crippen LogP contribution in [0.25, 0.3) is 0 Å². The molecule has 0 saturated carbocycles. The Morgan fingerprint density at radius 1 is 0.552 bits per heavy atom. The summed E-state index contributed by atoms with van der Waals surface area (Å²) in [7, 11) is 0. The van der Waals surface area contributed by atoms with Crippen molar-refractivity contribution in [1.29, 1.82) is 0 Å². The Morgan fingerprint density at radius 2 is 0.983 bits per heavy atom. The number of carbonyl (C=O) groups is 2. The summed E-state index contributed by atoms with van der Waals surface area (Å²) in [4.78, 5) is 31.9. The van der Waals surface area contributed by atoms with Gasteiger partial charge in [-0.05, 0) is 90.1 Å². The lowest BCUT2D eigenvalue weighted by atomic mass is 10.0. The number of ether oxygens (including phenoxy) is 2. The number of rotatable bonds is 44. The van der Waals surface area contributed by atoms with Gasteiger partial charge >= 0.3 is 11.9 Å². The smallest absolute Gasteiger partial charge is 0.306 e. The molecule has 0 aliphatic rings. The first kappa shape index (κ1) is 54.1. The summed E-state index contributed by atoms with van der Waals surface area (Å²) in [6, 6.07) is 0. The van der Waals surface area contributed by atoms with Crippen LogP contribution >= 0.6 is 0 Å². The number of carbonyl (C=O) groups excluding carboxylic acids is 2. The molecule has 1 N–H and O–H groups in total. The van der Waals surface area contributed by atoms with Crippen LogP contribution in [0.2, 0.25) is 0 Å². The fraction of sp³-hybridized carbons (Fsp3) is 0.900. The van der Waals surface area contributed by atoms with Crippen molar-refractivity contribution in [2.75, 3.05) is 19.6 Å². The van der Waals surface area contributed by atoms with E-state index in [1.165, 1.54) is 109 Å². The third kappa shape index (κ3) is 33.9. The lowest BCUT2D eigenvalue weighted by Crippen LogP contribution is -2.34. The van der Waals surface area contributed by atoms with E-state index in [-0.39, 0.29) is 30.3 Å². The van der Waals surface area contributed by atoms with E-state index in [0.29, 0.717) is 19.4 Å². The molecule has 2 atom stereocenters. The number of nitrogens with zero attached hydrogens (tertiary/aromatic N) is 3. The highest BCUT2D eigenvalue weighted by Gasteiger charge is 2.16. The van der Waals surface area contributed by atoms with Crippen LogP contribution in [0.4, 0.5) is 0 Å². The molecule has 0 amide bonds. The first-order valence-electron chi connectivity index (χ1n) is 25.2. The van der Waals surface area contributed by atoms with Crippen molar-refractivity contribution in [2.24, 2.45) is 0 Å². The number of hydrogen-bond acceptors (Lipinski definition) is 7. The Hall–Kier alpha value is -1.93. The number of aryl methyl sites for hydroxylation is 1. The molecule has 8 heteroatoms. The van der Waals surface area contributed by atoms with Gasteiger partial charge in [-0.2, -0.15) is 0 Å². The van der Waals surface area contributed by atoms with Gasteiger partial charge in [0.2, 0.25) is 0 Å². The lowest BCUT2D eigenvalue weighted by molar-refractivity contribution is -0.150. The largest absolute Gasteiger partial charge is 0.462 e. The monoisotopic (exact) mass is 818 g/mol. The quantitative estimate of drug-likeness (QED) is 0.0518. The van der Waals surface area contributed by atoms with Crippen molar-refractivity contribution < 1.29 is 24.2 Å². The first-order valence-corrected chi connectivity index (χ1v) is 25.2. The van der Waals surface area contributed by atoms with Gasteiger partial charge in [0.1, 0.15) is 12.2 Å². The second-order valence-corrected chi connectivity index (χ2v) is 17.5.